The Morgan fingerprint density at radius 3 is 2.60 bits per heavy atom. The number of fused-ring (bicyclic) bond motifs is 5. The fraction of sp³-hybridized carbons (Fsp3) is 0.909. The van der Waals surface area contributed by atoms with Crippen LogP contribution in [0.1, 0.15) is 71.6 Å². The van der Waals surface area contributed by atoms with Crippen molar-refractivity contribution in [3.05, 3.63) is 11.6 Å². The van der Waals surface area contributed by atoms with Gasteiger partial charge in [0.25, 0.3) is 0 Å². The van der Waals surface area contributed by atoms with E-state index in [4.69, 9.17) is 4.74 Å². The molecule has 3 fully saturated rings. The summed E-state index contributed by atoms with van der Waals surface area (Å²) in [5.41, 5.74) is 1.33. The van der Waals surface area contributed by atoms with Gasteiger partial charge in [-0.15, -0.1) is 0 Å². The van der Waals surface area contributed by atoms with Gasteiger partial charge in [0.05, 0.1) is 11.7 Å². The van der Waals surface area contributed by atoms with E-state index in [1.54, 1.807) is 5.57 Å². The third-order valence-electron chi connectivity index (χ3n) is 9.24. The van der Waals surface area contributed by atoms with Gasteiger partial charge in [-0.1, -0.05) is 25.5 Å². The highest BCUT2D eigenvalue weighted by molar-refractivity contribution is 5.26. The van der Waals surface area contributed by atoms with Crippen molar-refractivity contribution in [2.45, 2.75) is 83.3 Å². The molecule has 3 nitrogen and oxygen atoms in total. The zero-order valence-corrected chi connectivity index (χ0v) is 16.3. The molecule has 4 rings (SSSR count). The lowest BCUT2D eigenvalue weighted by molar-refractivity contribution is -0.132. The third-order valence-corrected chi connectivity index (χ3v) is 9.24. The molecule has 0 amide bonds. The first-order chi connectivity index (χ1) is 11.9. The van der Waals surface area contributed by atoms with Gasteiger partial charge in [-0.25, -0.2) is 0 Å². The fourth-order valence-corrected chi connectivity index (χ4v) is 7.53. The summed E-state index contributed by atoms with van der Waals surface area (Å²) in [4.78, 5) is 0. The van der Waals surface area contributed by atoms with Crippen molar-refractivity contribution >= 4 is 0 Å². The quantitative estimate of drug-likeness (QED) is 0.756. The second-order valence-electron chi connectivity index (χ2n) is 9.86. The lowest BCUT2D eigenvalue weighted by atomic mass is 9.47. The highest BCUT2D eigenvalue weighted by Gasteiger charge is 2.63. The van der Waals surface area contributed by atoms with Gasteiger partial charge >= 0.3 is 0 Å². The molecule has 0 aromatic rings. The van der Waals surface area contributed by atoms with E-state index < -0.39 is 5.60 Å². The van der Waals surface area contributed by atoms with Crippen molar-refractivity contribution in [2.24, 2.45) is 28.6 Å². The van der Waals surface area contributed by atoms with Crippen LogP contribution in [0.15, 0.2) is 11.6 Å². The van der Waals surface area contributed by atoms with Crippen molar-refractivity contribution in [3.63, 3.8) is 0 Å². The first-order valence-electron chi connectivity index (χ1n) is 10.4. The number of allylic oxidation sites excluding steroid dienone is 1. The molecule has 25 heavy (non-hydrogen) atoms. The molecule has 7 atom stereocenters. The summed E-state index contributed by atoms with van der Waals surface area (Å²) in [6.07, 6.45) is 12.6. The van der Waals surface area contributed by atoms with Gasteiger partial charge in [0, 0.05) is 13.7 Å². The Bertz CT molecular complexity index is 557. The molecule has 142 valence electrons. The minimum Gasteiger partial charge on any atom is -0.396 e. The van der Waals surface area contributed by atoms with Gasteiger partial charge < -0.3 is 14.9 Å². The Morgan fingerprint density at radius 2 is 1.88 bits per heavy atom. The molecule has 0 bridgehead atoms. The van der Waals surface area contributed by atoms with Crippen molar-refractivity contribution in [3.8, 4) is 0 Å². The van der Waals surface area contributed by atoms with Crippen molar-refractivity contribution < 1.29 is 14.9 Å². The van der Waals surface area contributed by atoms with Gasteiger partial charge in [0.1, 0.15) is 0 Å². The van der Waals surface area contributed by atoms with Crippen LogP contribution in [0.3, 0.4) is 0 Å². The smallest absolute Gasteiger partial charge is 0.0725 e. The predicted octanol–water partition coefficient (Wildman–Crippen LogP) is 4.08. The maximum absolute atomic E-state index is 11.3. The number of aliphatic hydroxyl groups is 2. The lowest BCUT2D eigenvalue weighted by Crippen LogP contribution is -2.54. The number of hydrogen-bond acceptors (Lipinski definition) is 3. The highest BCUT2D eigenvalue weighted by Crippen LogP contribution is 2.67. The zero-order valence-electron chi connectivity index (χ0n) is 16.3. The molecule has 0 spiro atoms. The summed E-state index contributed by atoms with van der Waals surface area (Å²) in [7, 11) is 1.85. The highest BCUT2D eigenvalue weighted by atomic mass is 16.5. The van der Waals surface area contributed by atoms with Crippen LogP contribution in [-0.2, 0) is 4.74 Å². The van der Waals surface area contributed by atoms with E-state index in [1.807, 2.05) is 7.11 Å². The molecule has 0 saturated heterocycles. The van der Waals surface area contributed by atoms with Crippen molar-refractivity contribution in [1.82, 2.24) is 0 Å². The fourth-order valence-electron chi connectivity index (χ4n) is 7.53. The van der Waals surface area contributed by atoms with Crippen LogP contribution in [0.2, 0.25) is 0 Å². The molecule has 4 aliphatic carbocycles. The average molecular weight is 349 g/mol. The van der Waals surface area contributed by atoms with Crippen molar-refractivity contribution in [2.75, 3.05) is 13.7 Å². The van der Waals surface area contributed by atoms with E-state index in [2.05, 4.69) is 19.9 Å². The average Bonchev–Trinajstić information content (AvgIpc) is 2.86. The summed E-state index contributed by atoms with van der Waals surface area (Å²) in [5, 5.41) is 20.8. The molecule has 3 saturated carbocycles. The van der Waals surface area contributed by atoms with Crippen LogP contribution < -0.4 is 0 Å². The first-order valence-corrected chi connectivity index (χ1v) is 10.4. The monoisotopic (exact) mass is 348 g/mol. The summed E-state index contributed by atoms with van der Waals surface area (Å²) in [6.45, 7) is 4.94. The van der Waals surface area contributed by atoms with Crippen molar-refractivity contribution in [1.29, 1.82) is 0 Å². The number of aliphatic hydroxyl groups excluding tert-OH is 1. The summed E-state index contributed by atoms with van der Waals surface area (Å²) >= 11 is 0. The normalized spacial score (nSPS) is 52.1. The van der Waals surface area contributed by atoms with Gasteiger partial charge in [0.15, 0.2) is 0 Å². The summed E-state index contributed by atoms with van der Waals surface area (Å²) in [5.74, 6) is 2.08. The summed E-state index contributed by atoms with van der Waals surface area (Å²) in [6, 6.07) is 0. The predicted molar refractivity (Wildman–Crippen MR) is 99.2 cm³/mol. The number of rotatable bonds is 3. The maximum Gasteiger partial charge on any atom is 0.0725 e. The largest absolute Gasteiger partial charge is 0.396 e. The summed E-state index contributed by atoms with van der Waals surface area (Å²) < 4.78 is 5.66. The van der Waals surface area contributed by atoms with Crippen LogP contribution in [0.25, 0.3) is 0 Å². The van der Waals surface area contributed by atoms with Crippen LogP contribution >= 0.6 is 0 Å². The Balaban J connectivity index is 1.63. The van der Waals surface area contributed by atoms with Crippen LogP contribution in [0.4, 0.5) is 0 Å². The molecule has 0 heterocycles. The standard InChI is InChI=1S/C22H36O3/c1-20-9-6-16(25-3)14-15(20)4-5-17-18(20)7-10-21(2)19(17)8-11-22(21,24)12-13-23/h4,16-19,23-24H,5-14H2,1-3H3/t16?,17-,18+,19+,20+,21+,22+/m1/s1. The van der Waals surface area contributed by atoms with Crippen LogP contribution in [-0.4, -0.2) is 35.6 Å². The zero-order chi connectivity index (χ0) is 17.9. The molecular weight excluding hydrogens is 312 g/mol. The van der Waals surface area contributed by atoms with Gasteiger partial charge in [-0.05, 0) is 86.4 Å². The number of ether oxygens (including phenoxy) is 1. The SMILES string of the molecule is COC1CC[C@@]2(C)C(=CC[C@@H]3[C@@H]2CC[C@@]2(C)[C@H]3CC[C@]2(O)CCO)C1. The first kappa shape index (κ1) is 18.0. The number of methoxy groups -OCH3 is 1. The molecule has 0 aromatic carbocycles. The Hall–Kier alpha value is -0.380. The molecule has 0 aliphatic heterocycles. The molecule has 0 aromatic heterocycles. The Labute approximate surface area is 152 Å². The van der Waals surface area contributed by atoms with E-state index >= 15 is 0 Å². The van der Waals surface area contributed by atoms with Crippen LogP contribution in [0.5, 0.6) is 0 Å². The minimum absolute atomic E-state index is 0.0116. The van der Waals surface area contributed by atoms with E-state index in [0.717, 1.165) is 31.6 Å². The molecule has 2 N–H and O–H groups in total. The molecule has 1 unspecified atom stereocenters. The van der Waals surface area contributed by atoms with E-state index in [0.29, 0.717) is 29.8 Å². The Kier molecular flexibility index (Phi) is 4.37. The number of hydrogen-bond donors (Lipinski definition) is 2. The molecule has 3 heteroatoms. The topological polar surface area (TPSA) is 49.7 Å². The van der Waals surface area contributed by atoms with Gasteiger partial charge in [-0.3, -0.25) is 0 Å². The van der Waals surface area contributed by atoms with E-state index in [1.165, 1.54) is 25.7 Å². The molecular formula is C22H36O3. The van der Waals surface area contributed by atoms with E-state index in [9.17, 15) is 10.2 Å². The van der Waals surface area contributed by atoms with Gasteiger partial charge in [0.2, 0.25) is 0 Å². The van der Waals surface area contributed by atoms with E-state index in [-0.39, 0.29) is 12.0 Å². The maximum atomic E-state index is 11.3. The second kappa shape index (κ2) is 6.07. The minimum atomic E-state index is -0.657. The lowest BCUT2D eigenvalue weighted by Gasteiger charge is -2.59. The second-order valence-corrected chi connectivity index (χ2v) is 9.86. The Morgan fingerprint density at radius 1 is 1.12 bits per heavy atom. The third kappa shape index (κ3) is 2.41. The molecule has 4 aliphatic rings. The van der Waals surface area contributed by atoms with Crippen LogP contribution in [0, 0.1) is 28.6 Å². The van der Waals surface area contributed by atoms with Gasteiger partial charge in [-0.2, -0.15) is 0 Å². The molecule has 0 radical (unpaired) electrons.